The number of hydrogen-bond donors (Lipinski definition) is 1. The third kappa shape index (κ3) is 4.75. The van der Waals surface area contributed by atoms with Crippen LogP contribution in [0.3, 0.4) is 0 Å². The van der Waals surface area contributed by atoms with Gasteiger partial charge in [-0.3, -0.25) is 4.79 Å². The maximum Gasteiger partial charge on any atom is 0.255 e. The Morgan fingerprint density at radius 3 is 2.47 bits per heavy atom. The van der Waals surface area contributed by atoms with Gasteiger partial charge in [-0.05, 0) is 61.2 Å². The van der Waals surface area contributed by atoms with Crippen LogP contribution in [0.2, 0.25) is 5.02 Å². The molecule has 0 spiro atoms. The first-order chi connectivity index (χ1) is 15.5. The Balaban J connectivity index is 1.43. The number of hydrogen-bond acceptors (Lipinski definition) is 4. The molecule has 1 aliphatic heterocycles. The molecule has 1 saturated heterocycles. The Kier molecular flexibility index (Phi) is 6.70. The third-order valence-electron chi connectivity index (χ3n) is 5.92. The second-order valence-corrected chi connectivity index (χ2v) is 8.86. The highest BCUT2D eigenvalue weighted by Crippen LogP contribution is 2.26. The minimum Gasteiger partial charge on any atom is -0.497 e. The van der Waals surface area contributed by atoms with Crippen LogP contribution < -0.4 is 15.0 Å². The lowest BCUT2D eigenvalue weighted by molar-refractivity contribution is 0.0929. The summed E-state index contributed by atoms with van der Waals surface area (Å²) in [6.45, 7) is 5.94. The zero-order valence-electron chi connectivity index (χ0n) is 18.7. The number of rotatable bonds is 6. The topological polar surface area (TPSA) is 59.4 Å². The minimum atomic E-state index is -0.0649. The van der Waals surface area contributed by atoms with Crippen LogP contribution in [0.5, 0.6) is 5.75 Å². The molecule has 0 atom stereocenters. The molecule has 0 aliphatic carbocycles. The molecule has 1 aromatic heterocycles. The number of aromatic nitrogens is 2. The average Bonchev–Trinajstić information content (AvgIpc) is 3.26. The van der Waals surface area contributed by atoms with Gasteiger partial charge in [0, 0.05) is 29.8 Å². The molecule has 0 bridgehead atoms. The second kappa shape index (κ2) is 9.65. The maximum atomic E-state index is 13.2. The fourth-order valence-electron chi connectivity index (χ4n) is 4.24. The summed E-state index contributed by atoms with van der Waals surface area (Å²) >= 11 is 6.17. The van der Waals surface area contributed by atoms with E-state index < -0.39 is 0 Å². The molecule has 1 amide bonds. The molecule has 4 rings (SSSR count). The summed E-state index contributed by atoms with van der Waals surface area (Å²) in [5, 5.41) is 8.38. The van der Waals surface area contributed by atoms with Gasteiger partial charge in [-0.2, -0.15) is 5.10 Å². The lowest BCUT2D eigenvalue weighted by Gasteiger charge is -2.34. The summed E-state index contributed by atoms with van der Waals surface area (Å²) in [4.78, 5) is 15.5. The number of halogens is 1. The zero-order valence-corrected chi connectivity index (χ0v) is 19.5. The van der Waals surface area contributed by atoms with Crippen molar-refractivity contribution in [3.05, 3.63) is 71.0 Å². The quantitative estimate of drug-likeness (QED) is 0.568. The van der Waals surface area contributed by atoms with Crippen LogP contribution in [0.4, 0.5) is 5.69 Å². The molecular weight excluding hydrogens is 424 g/mol. The number of benzene rings is 2. The fourth-order valence-corrected chi connectivity index (χ4v) is 4.42. The number of methoxy groups -OCH3 is 1. The van der Waals surface area contributed by atoms with E-state index in [0.29, 0.717) is 10.6 Å². The summed E-state index contributed by atoms with van der Waals surface area (Å²) in [7, 11) is 1.67. The largest absolute Gasteiger partial charge is 0.497 e. The van der Waals surface area contributed by atoms with Crippen LogP contribution in [0, 0.1) is 0 Å². The van der Waals surface area contributed by atoms with E-state index in [0.717, 1.165) is 43.1 Å². The van der Waals surface area contributed by atoms with Crippen molar-refractivity contribution < 1.29 is 9.53 Å². The Morgan fingerprint density at radius 1 is 1.12 bits per heavy atom. The second-order valence-electron chi connectivity index (χ2n) is 8.42. The number of anilines is 1. The highest BCUT2D eigenvalue weighted by molar-refractivity contribution is 6.30. The standard InChI is InChI=1S/C25H29ClN4O2/c1-17(2)24-23(16-27-30(24)21-6-4-5-18(26)15-21)25(31)28-19-11-13-29(14-12-19)20-7-9-22(32-3)10-8-20/h4-10,15-17,19H,11-14H2,1-3H3,(H,28,31). The Hall–Kier alpha value is -2.99. The van der Waals surface area contributed by atoms with Crippen LogP contribution in [0.15, 0.2) is 54.7 Å². The number of amides is 1. The molecular formula is C25H29ClN4O2. The average molecular weight is 453 g/mol. The number of nitrogens with one attached hydrogen (secondary N) is 1. The first kappa shape index (κ1) is 22.2. The van der Waals surface area contributed by atoms with Crippen molar-refractivity contribution >= 4 is 23.2 Å². The lowest BCUT2D eigenvalue weighted by Crippen LogP contribution is -2.44. The van der Waals surface area contributed by atoms with Crippen molar-refractivity contribution in [2.45, 2.75) is 38.6 Å². The molecule has 6 nitrogen and oxygen atoms in total. The van der Waals surface area contributed by atoms with E-state index in [4.69, 9.17) is 16.3 Å². The lowest BCUT2D eigenvalue weighted by atomic mass is 10.0. The summed E-state index contributed by atoms with van der Waals surface area (Å²) < 4.78 is 7.06. The molecule has 1 fully saturated rings. The Morgan fingerprint density at radius 2 is 1.84 bits per heavy atom. The van der Waals surface area contributed by atoms with Gasteiger partial charge >= 0.3 is 0 Å². The van der Waals surface area contributed by atoms with Crippen molar-refractivity contribution in [3.8, 4) is 11.4 Å². The van der Waals surface area contributed by atoms with E-state index in [-0.39, 0.29) is 17.9 Å². The molecule has 0 unspecified atom stereocenters. The predicted octanol–water partition coefficient (Wildman–Crippen LogP) is 5.06. The predicted molar refractivity (Wildman–Crippen MR) is 128 cm³/mol. The van der Waals surface area contributed by atoms with E-state index in [9.17, 15) is 4.79 Å². The summed E-state index contributed by atoms with van der Waals surface area (Å²) in [6.07, 6.45) is 3.46. The van der Waals surface area contributed by atoms with Gasteiger partial charge in [-0.15, -0.1) is 0 Å². The molecule has 168 valence electrons. The third-order valence-corrected chi connectivity index (χ3v) is 6.15. The minimum absolute atomic E-state index is 0.0649. The van der Waals surface area contributed by atoms with E-state index in [2.05, 4.69) is 41.3 Å². The SMILES string of the molecule is COc1ccc(N2CCC(NC(=O)c3cnn(-c4cccc(Cl)c4)c3C(C)C)CC2)cc1. The summed E-state index contributed by atoms with van der Waals surface area (Å²) in [6, 6.07) is 15.8. The van der Waals surface area contributed by atoms with Crippen LogP contribution in [-0.4, -0.2) is 41.9 Å². The molecule has 0 saturated carbocycles. The van der Waals surface area contributed by atoms with Crippen molar-refractivity contribution in [3.63, 3.8) is 0 Å². The number of nitrogens with zero attached hydrogens (tertiary/aromatic N) is 3. The number of carbonyl (C=O) groups is 1. The van der Waals surface area contributed by atoms with Gasteiger partial charge < -0.3 is 15.0 Å². The van der Waals surface area contributed by atoms with Gasteiger partial charge in [-0.25, -0.2) is 4.68 Å². The van der Waals surface area contributed by atoms with Gasteiger partial charge in [-0.1, -0.05) is 31.5 Å². The molecule has 2 heterocycles. The number of ether oxygens (including phenoxy) is 1. The van der Waals surface area contributed by atoms with E-state index in [1.807, 2.05) is 41.1 Å². The molecule has 7 heteroatoms. The molecule has 3 aromatic rings. The summed E-state index contributed by atoms with van der Waals surface area (Å²) in [5.41, 5.74) is 3.55. The van der Waals surface area contributed by atoms with Gasteiger partial charge in [0.25, 0.3) is 5.91 Å². The van der Waals surface area contributed by atoms with Crippen molar-refractivity contribution in [2.24, 2.45) is 0 Å². The monoisotopic (exact) mass is 452 g/mol. The fraction of sp³-hybridized carbons (Fsp3) is 0.360. The smallest absolute Gasteiger partial charge is 0.255 e. The van der Waals surface area contributed by atoms with E-state index in [1.165, 1.54) is 5.69 Å². The van der Waals surface area contributed by atoms with Crippen molar-refractivity contribution in [2.75, 3.05) is 25.1 Å². The normalized spacial score (nSPS) is 14.6. The van der Waals surface area contributed by atoms with Gasteiger partial charge in [0.15, 0.2) is 0 Å². The van der Waals surface area contributed by atoms with Crippen molar-refractivity contribution in [1.29, 1.82) is 0 Å². The van der Waals surface area contributed by atoms with Gasteiger partial charge in [0.1, 0.15) is 5.75 Å². The van der Waals surface area contributed by atoms with E-state index >= 15 is 0 Å². The van der Waals surface area contributed by atoms with Crippen LogP contribution in [0.1, 0.15) is 48.7 Å². The Bertz CT molecular complexity index is 1070. The molecule has 2 aromatic carbocycles. The first-order valence-electron chi connectivity index (χ1n) is 11.0. The molecule has 0 radical (unpaired) electrons. The van der Waals surface area contributed by atoms with Crippen LogP contribution >= 0.6 is 11.6 Å². The molecule has 1 aliphatic rings. The van der Waals surface area contributed by atoms with Gasteiger partial charge in [0.05, 0.1) is 30.3 Å². The van der Waals surface area contributed by atoms with Crippen molar-refractivity contribution in [1.82, 2.24) is 15.1 Å². The highest BCUT2D eigenvalue weighted by atomic mass is 35.5. The first-order valence-corrected chi connectivity index (χ1v) is 11.4. The molecule has 1 N–H and O–H groups in total. The van der Waals surface area contributed by atoms with E-state index in [1.54, 1.807) is 13.3 Å². The Labute approximate surface area is 194 Å². The zero-order chi connectivity index (χ0) is 22.7. The number of piperidine rings is 1. The summed E-state index contributed by atoms with van der Waals surface area (Å²) in [5.74, 6) is 0.925. The van der Waals surface area contributed by atoms with Gasteiger partial charge in [0.2, 0.25) is 0 Å². The molecule has 32 heavy (non-hydrogen) atoms. The number of carbonyl (C=O) groups excluding carboxylic acids is 1. The van der Waals surface area contributed by atoms with Crippen LogP contribution in [0.25, 0.3) is 5.69 Å². The highest BCUT2D eigenvalue weighted by Gasteiger charge is 2.25. The van der Waals surface area contributed by atoms with Crippen LogP contribution in [-0.2, 0) is 0 Å². The maximum absolute atomic E-state index is 13.2.